The van der Waals surface area contributed by atoms with Crippen molar-refractivity contribution >= 4 is 5.96 Å². The van der Waals surface area contributed by atoms with E-state index in [1.54, 1.807) is 7.11 Å². The Morgan fingerprint density at radius 1 is 1.38 bits per heavy atom. The van der Waals surface area contributed by atoms with Crippen LogP contribution in [0.1, 0.15) is 36.9 Å². The zero-order valence-electron chi connectivity index (χ0n) is 12.5. The van der Waals surface area contributed by atoms with E-state index < -0.39 is 0 Å². The summed E-state index contributed by atoms with van der Waals surface area (Å²) in [6, 6.07) is 4.97. The summed E-state index contributed by atoms with van der Waals surface area (Å²) in [4.78, 5) is 6.70. The topological polar surface area (TPSA) is 60.1 Å². The van der Waals surface area contributed by atoms with Crippen molar-refractivity contribution in [2.45, 2.75) is 44.4 Å². The van der Waals surface area contributed by atoms with Crippen molar-refractivity contribution in [3.8, 4) is 11.5 Å². The van der Waals surface area contributed by atoms with Crippen LogP contribution in [0.5, 0.6) is 11.5 Å². The highest BCUT2D eigenvalue weighted by Gasteiger charge is 2.40. The molecule has 0 aromatic heterocycles. The van der Waals surface area contributed by atoms with Crippen LogP contribution >= 0.6 is 0 Å². The molecule has 0 amide bonds. The smallest absolute Gasteiger partial charge is 0.192 e. The van der Waals surface area contributed by atoms with Crippen LogP contribution in [0.25, 0.3) is 0 Å². The van der Waals surface area contributed by atoms with Gasteiger partial charge in [0.2, 0.25) is 0 Å². The molecule has 0 saturated heterocycles. The summed E-state index contributed by atoms with van der Waals surface area (Å²) in [5, 5.41) is 0. The maximum absolute atomic E-state index is 6.08. The minimum atomic E-state index is 0.178. The summed E-state index contributed by atoms with van der Waals surface area (Å²) in [7, 11) is 1.73. The molecule has 0 bridgehead atoms. The fourth-order valence-corrected chi connectivity index (χ4v) is 3.44. The number of guanidine groups is 1. The van der Waals surface area contributed by atoms with Crippen LogP contribution in [0.15, 0.2) is 17.1 Å². The van der Waals surface area contributed by atoms with Crippen LogP contribution in [0.2, 0.25) is 0 Å². The molecule has 2 unspecified atom stereocenters. The maximum Gasteiger partial charge on any atom is 0.192 e. The Kier molecular flexibility index (Phi) is 2.77. The molecule has 1 aromatic carbocycles. The second-order valence-corrected chi connectivity index (χ2v) is 6.19. The minimum absolute atomic E-state index is 0.178. The van der Waals surface area contributed by atoms with Crippen molar-refractivity contribution in [1.29, 1.82) is 0 Å². The Labute approximate surface area is 124 Å². The minimum Gasteiger partial charge on any atom is -0.496 e. The normalized spacial score (nSPS) is 27.3. The van der Waals surface area contributed by atoms with E-state index in [0.29, 0.717) is 18.5 Å². The molecule has 21 heavy (non-hydrogen) atoms. The van der Waals surface area contributed by atoms with Gasteiger partial charge in [-0.25, -0.2) is 0 Å². The number of hydrogen-bond acceptors (Lipinski definition) is 5. The number of nitrogens with two attached hydrogens (primary N) is 1. The van der Waals surface area contributed by atoms with Gasteiger partial charge in [-0.05, 0) is 31.9 Å². The van der Waals surface area contributed by atoms with Gasteiger partial charge in [0.15, 0.2) is 5.96 Å². The Balaban J connectivity index is 1.73. The lowest BCUT2D eigenvalue weighted by Gasteiger charge is -2.28. The summed E-state index contributed by atoms with van der Waals surface area (Å²) in [5.41, 5.74) is 8.45. The largest absolute Gasteiger partial charge is 0.496 e. The van der Waals surface area contributed by atoms with E-state index >= 15 is 0 Å². The second kappa shape index (κ2) is 4.55. The fraction of sp³-hybridized carbons (Fsp3) is 0.562. The predicted octanol–water partition coefficient (Wildman–Crippen LogP) is 1.85. The number of ether oxygens (including phenoxy) is 2. The van der Waals surface area contributed by atoms with Crippen molar-refractivity contribution in [3.63, 3.8) is 0 Å². The zero-order chi connectivity index (χ0) is 14.6. The maximum atomic E-state index is 6.08. The molecule has 2 heterocycles. The van der Waals surface area contributed by atoms with Crippen LogP contribution in [0, 0.1) is 0 Å². The van der Waals surface area contributed by atoms with E-state index in [1.807, 2.05) is 0 Å². The Morgan fingerprint density at radius 2 is 2.19 bits per heavy atom. The van der Waals surface area contributed by atoms with Crippen molar-refractivity contribution < 1.29 is 9.47 Å². The lowest BCUT2D eigenvalue weighted by molar-refractivity contribution is 0.253. The molecule has 3 aliphatic rings. The number of fused-ring (bicyclic) bond motifs is 1. The molecule has 2 atom stereocenters. The Hall–Kier alpha value is -1.91. The quantitative estimate of drug-likeness (QED) is 0.921. The monoisotopic (exact) mass is 287 g/mol. The molecule has 1 saturated carbocycles. The molecule has 5 heteroatoms. The molecule has 1 aromatic rings. The van der Waals surface area contributed by atoms with E-state index in [0.717, 1.165) is 23.5 Å². The van der Waals surface area contributed by atoms with Crippen LogP contribution in [0.3, 0.4) is 0 Å². The molecule has 112 valence electrons. The highest BCUT2D eigenvalue weighted by atomic mass is 16.5. The molecule has 5 nitrogen and oxygen atoms in total. The molecular weight excluding hydrogens is 266 g/mol. The van der Waals surface area contributed by atoms with Crippen molar-refractivity contribution in [3.05, 3.63) is 23.3 Å². The summed E-state index contributed by atoms with van der Waals surface area (Å²) in [6.07, 6.45) is 3.59. The van der Waals surface area contributed by atoms with Gasteiger partial charge >= 0.3 is 0 Å². The molecule has 0 radical (unpaired) electrons. The first-order valence-electron chi connectivity index (χ1n) is 7.63. The number of nitrogens with zero attached hydrogens (tertiary/aromatic N) is 2. The van der Waals surface area contributed by atoms with Crippen molar-refractivity contribution in [2.24, 2.45) is 10.7 Å². The zero-order valence-corrected chi connectivity index (χ0v) is 12.5. The average molecular weight is 287 g/mol. The summed E-state index contributed by atoms with van der Waals surface area (Å²) in [5.74, 6) is 2.57. The Bertz CT molecular complexity index is 610. The van der Waals surface area contributed by atoms with Crippen LogP contribution in [-0.2, 0) is 6.42 Å². The molecular formula is C16H21N3O2. The van der Waals surface area contributed by atoms with Crippen molar-refractivity contribution in [2.75, 3.05) is 13.7 Å². The molecule has 0 spiro atoms. The summed E-state index contributed by atoms with van der Waals surface area (Å²) < 4.78 is 11.5. The number of methoxy groups -OCH3 is 1. The van der Waals surface area contributed by atoms with Gasteiger partial charge in [0.25, 0.3) is 0 Å². The predicted molar refractivity (Wildman–Crippen MR) is 80.9 cm³/mol. The van der Waals surface area contributed by atoms with E-state index in [9.17, 15) is 0 Å². The second-order valence-electron chi connectivity index (χ2n) is 6.19. The number of hydrogen-bond donors (Lipinski definition) is 1. The van der Waals surface area contributed by atoms with Gasteiger partial charge in [-0.1, -0.05) is 0 Å². The lowest BCUT2D eigenvalue weighted by Crippen LogP contribution is -2.37. The van der Waals surface area contributed by atoms with Gasteiger partial charge in [0, 0.05) is 23.6 Å². The van der Waals surface area contributed by atoms with Gasteiger partial charge in [-0.3, -0.25) is 4.99 Å². The number of benzene rings is 1. The number of aliphatic imine (C=N–C) groups is 1. The highest BCUT2D eigenvalue weighted by Crippen LogP contribution is 2.43. The van der Waals surface area contributed by atoms with Gasteiger partial charge in [0.05, 0.1) is 19.7 Å². The van der Waals surface area contributed by atoms with Crippen molar-refractivity contribution in [1.82, 2.24) is 4.90 Å². The van der Waals surface area contributed by atoms with Crippen LogP contribution in [0.4, 0.5) is 0 Å². The average Bonchev–Trinajstić information content (AvgIpc) is 3.13. The first kappa shape index (κ1) is 12.8. The first-order chi connectivity index (χ1) is 10.2. The summed E-state index contributed by atoms with van der Waals surface area (Å²) >= 11 is 0. The third-order valence-electron chi connectivity index (χ3n) is 4.57. The van der Waals surface area contributed by atoms with Crippen LogP contribution in [-0.4, -0.2) is 36.7 Å². The molecule has 4 rings (SSSR count). The molecule has 1 fully saturated rings. The lowest BCUT2D eigenvalue weighted by atomic mass is 10.0. The van der Waals surface area contributed by atoms with Gasteiger partial charge in [-0.2, -0.15) is 0 Å². The summed E-state index contributed by atoms with van der Waals surface area (Å²) in [6.45, 7) is 2.80. The van der Waals surface area contributed by atoms with Crippen LogP contribution < -0.4 is 15.2 Å². The SMILES string of the molecule is COc1cc2c(cc1C1CN=C(N)N1C1CC1)OC(C)C2. The molecule has 2 N–H and O–H groups in total. The Morgan fingerprint density at radius 3 is 2.90 bits per heavy atom. The standard InChI is InChI=1S/C16H21N3O2/c1-9-5-10-6-15(20-2)12(7-14(10)21-9)13-8-18-16(17)19(13)11-3-4-11/h6-7,9,11,13H,3-5,8H2,1-2H3,(H2,17,18). The number of rotatable bonds is 3. The van der Waals surface area contributed by atoms with Gasteiger partial charge < -0.3 is 20.1 Å². The van der Waals surface area contributed by atoms with E-state index in [4.69, 9.17) is 15.2 Å². The molecule has 1 aliphatic carbocycles. The van der Waals surface area contributed by atoms with Gasteiger partial charge in [0.1, 0.15) is 17.6 Å². The van der Waals surface area contributed by atoms with E-state index in [1.165, 1.54) is 18.4 Å². The fourth-order valence-electron chi connectivity index (χ4n) is 3.44. The van der Waals surface area contributed by atoms with E-state index in [-0.39, 0.29) is 12.1 Å². The third-order valence-corrected chi connectivity index (χ3v) is 4.57. The first-order valence-corrected chi connectivity index (χ1v) is 7.63. The highest BCUT2D eigenvalue weighted by molar-refractivity contribution is 5.81. The molecule has 2 aliphatic heterocycles. The van der Waals surface area contributed by atoms with Gasteiger partial charge in [-0.15, -0.1) is 0 Å². The third kappa shape index (κ3) is 2.03. The van der Waals surface area contributed by atoms with E-state index in [2.05, 4.69) is 28.9 Å².